The minimum atomic E-state index is -4.70. The molecule has 5 nitrogen and oxygen atoms in total. The fraction of sp³-hybridized carbons (Fsp3) is 0.211. The Morgan fingerprint density at radius 3 is 2.46 bits per heavy atom. The lowest BCUT2D eigenvalue weighted by Gasteiger charge is -2.24. The Balaban J connectivity index is 2.06. The minimum absolute atomic E-state index is 0.175. The lowest BCUT2D eigenvalue weighted by atomic mass is 10.1. The maximum absolute atomic E-state index is 13.2. The molecule has 1 atom stereocenters. The normalized spacial score (nSPS) is 12.6. The summed E-state index contributed by atoms with van der Waals surface area (Å²) in [4.78, 5) is 18.5. The molecule has 9 heteroatoms. The largest absolute Gasteiger partial charge is 0.435 e. The summed E-state index contributed by atoms with van der Waals surface area (Å²) < 4.78 is 40.7. The molecular formula is C19H16ClF3N4O. The van der Waals surface area contributed by atoms with E-state index in [2.05, 4.69) is 10.1 Å². The third-order valence-corrected chi connectivity index (χ3v) is 4.64. The summed E-state index contributed by atoms with van der Waals surface area (Å²) in [7, 11) is 1.50. The van der Waals surface area contributed by atoms with Gasteiger partial charge in [0.05, 0.1) is 22.4 Å². The molecule has 3 rings (SSSR count). The first-order chi connectivity index (χ1) is 13.2. The first kappa shape index (κ1) is 19.9. The molecule has 0 aliphatic heterocycles. The quantitative estimate of drug-likeness (QED) is 0.624. The summed E-state index contributed by atoms with van der Waals surface area (Å²) in [6, 6.07) is 11.8. The third-order valence-electron chi connectivity index (χ3n) is 4.32. The highest BCUT2D eigenvalue weighted by molar-refractivity contribution is 6.32. The maximum atomic E-state index is 13.2. The van der Waals surface area contributed by atoms with Crippen molar-refractivity contribution >= 4 is 17.5 Å². The highest BCUT2D eigenvalue weighted by Gasteiger charge is 2.37. The Morgan fingerprint density at radius 2 is 1.86 bits per heavy atom. The van der Waals surface area contributed by atoms with E-state index in [0.29, 0.717) is 5.69 Å². The summed E-state index contributed by atoms with van der Waals surface area (Å²) in [5, 5.41) is 3.77. The van der Waals surface area contributed by atoms with Crippen molar-refractivity contribution in [2.45, 2.75) is 19.1 Å². The van der Waals surface area contributed by atoms with E-state index in [1.54, 1.807) is 43.5 Å². The molecule has 1 unspecified atom stereocenters. The topological polar surface area (TPSA) is 51.0 Å². The number of hydrogen-bond donors (Lipinski definition) is 0. The van der Waals surface area contributed by atoms with Crippen LogP contribution in [0.15, 0.2) is 54.7 Å². The first-order valence-electron chi connectivity index (χ1n) is 8.30. The van der Waals surface area contributed by atoms with Crippen LogP contribution in [0.5, 0.6) is 0 Å². The summed E-state index contributed by atoms with van der Waals surface area (Å²) in [6.45, 7) is 1.74. The number of pyridine rings is 1. The van der Waals surface area contributed by atoms with Crippen LogP contribution >= 0.6 is 11.6 Å². The average molecular weight is 409 g/mol. The molecule has 3 aromatic rings. The first-order valence-corrected chi connectivity index (χ1v) is 8.68. The molecule has 0 spiro atoms. The van der Waals surface area contributed by atoms with Crippen molar-refractivity contribution < 1.29 is 18.0 Å². The Bertz CT molecular complexity index is 988. The fourth-order valence-electron chi connectivity index (χ4n) is 2.66. The number of para-hydroxylation sites is 1. The Kier molecular flexibility index (Phi) is 5.42. The van der Waals surface area contributed by atoms with E-state index >= 15 is 0 Å². The molecule has 0 N–H and O–H groups in total. The standard InChI is InChI=1S/C19H16ClF3N4O/c1-12(14-8-5-6-10-24-14)26(2)18(28)16-11-17(19(21,22)23)25-27(16)15-9-4-3-7-13(15)20/h3-12H,1-2H3. The van der Waals surface area contributed by atoms with Gasteiger partial charge in [-0.2, -0.15) is 18.3 Å². The number of nitrogens with zero attached hydrogens (tertiary/aromatic N) is 4. The second kappa shape index (κ2) is 7.63. The lowest BCUT2D eigenvalue weighted by molar-refractivity contribution is -0.141. The summed E-state index contributed by atoms with van der Waals surface area (Å²) in [5.41, 5.74) is -0.625. The van der Waals surface area contributed by atoms with Gasteiger partial charge in [-0.3, -0.25) is 9.78 Å². The van der Waals surface area contributed by atoms with Crippen molar-refractivity contribution in [3.8, 4) is 5.69 Å². The van der Waals surface area contributed by atoms with Crippen molar-refractivity contribution in [3.05, 3.63) is 76.8 Å². The molecule has 2 aromatic heterocycles. The monoisotopic (exact) mass is 408 g/mol. The van der Waals surface area contributed by atoms with Crippen LogP contribution in [0.1, 0.15) is 34.8 Å². The number of carbonyl (C=O) groups excluding carboxylic acids is 1. The predicted octanol–water partition coefficient (Wildman–Crippen LogP) is 4.77. The Morgan fingerprint density at radius 1 is 1.18 bits per heavy atom. The number of alkyl halides is 3. The second-order valence-electron chi connectivity index (χ2n) is 6.12. The number of hydrogen-bond acceptors (Lipinski definition) is 3. The molecular weight excluding hydrogens is 393 g/mol. The zero-order chi connectivity index (χ0) is 20.5. The van der Waals surface area contributed by atoms with E-state index < -0.39 is 23.8 Å². The van der Waals surface area contributed by atoms with Crippen molar-refractivity contribution in [1.29, 1.82) is 0 Å². The van der Waals surface area contributed by atoms with Crippen LogP contribution in [0.4, 0.5) is 13.2 Å². The van der Waals surface area contributed by atoms with Crippen LogP contribution in [0.3, 0.4) is 0 Å². The molecule has 0 fully saturated rings. The van der Waals surface area contributed by atoms with Gasteiger partial charge in [-0.1, -0.05) is 29.8 Å². The van der Waals surface area contributed by atoms with Gasteiger partial charge in [0.2, 0.25) is 0 Å². The molecule has 0 saturated heterocycles. The maximum Gasteiger partial charge on any atom is 0.435 e. The molecule has 146 valence electrons. The number of carbonyl (C=O) groups is 1. The molecule has 0 radical (unpaired) electrons. The van der Waals surface area contributed by atoms with E-state index in [9.17, 15) is 18.0 Å². The van der Waals surface area contributed by atoms with Crippen molar-refractivity contribution in [3.63, 3.8) is 0 Å². The predicted molar refractivity (Wildman–Crippen MR) is 98.3 cm³/mol. The van der Waals surface area contributed by atoms with E-state index in [0.717, 1.165) is 10.7 Å². The molecule has 0 aliphatic rings. The van der Waals surface area contributed by atoms with Crippen molar-refractivity contribution in [2.24, 2.45) is 0 Å². The van der Waals surface area contributed by atoms with Gasteiger partial charge in [0.25, 0.3) is 5.91 Å². The van der Waals surface area contributed by atoms with Crippen LogP contribution in [-0.2, 0) is 6.18 Å². The molecule has 1 amide bonds. The van der Waals surface area contributed by atoms with Crippen molar-refractivity contribution in [2.75, 3.05) is 7.05 Å². The van der Waals surface area contributed by atoms with Crippen LogP contribution in [-0.4, -0.2) is 32.6 Å². The second-order valence-corrected chi connectivity index (χ2v) is 6.53. The van der Waals surface area contributed by atoms with E-state index in [1.165, 1.54) is 24.1 Å². The number of amides is 1. The lowest BCUT2D eigenvalue weighted by Crippen LogP contribution is -2.31. The van der Waals surface area contributed by atoms with Gasteiger partial charge in [0.15, 0.2) is 5.69 Å². The number of halogens is 4. The molecule has 0 aliphatic carbocycles. The zero-order valence-corrected chi connectivity index (χ0v) is 15.7. The van der Waals surface area contributed by atoms with Crippen LogP contribution in [0.25, 0.3) is 5.69 Å². The number of benzene rings is 1. The fourth-order valence-corrected chi connectivity index (χ4v) is 2.87. The Labute approximate surface area is 164 Å². The summed E-state index contributed by atoms with van der Waals surface area (Å²) in [5.74, 6) is -0.638. The zero-order valence-electron chi connectivity index (χ0n) is 15.0. The highest BCUT2D eigenvalue weighted by Crippen LogP contribution is 2.32. The van der Waals surface area contributed by atoms with Gasteiger partial charge in [-0.05, 0) is 31.2 Å². The van der Waals surface area contributed by atoms with Gasteiger partial charge in [-0.15, -0.1) is 0 Å². The number of aromatic nitrogens is 3. The molecule has 0 saturated carbocycles. The third kappa shape index (κ3) is 3.87. The summed E-state index contributed by atoms with van der Waals surface area (Å²) in [6.07, 6.45) is -3.12. The SMILES string of the molecule is CC(c1ccccn1)N(C)C(=O)c1cc(C(F)(F)F)nn1-c1ccccc1Cl. The van der Waals surface area contributed by atoms with Crippen LogP contribution in [0.2, 0.25) is 5.02 Å². The smallest absolute Gasteiger partial charge is 0.332 e. The van der Waals surface area contributed by atoms with Gasteiger partial charge >= 0.3 is 6.18 Å². The van der Waals surface area contributed by atoms with Gasteiger partial charge in [0, 0.05) is 19.3 Å². The van der Waals surface area contributed by atoms with E-state index in [-0.39, 0.29) is 16.4 Å². The van der Waals surface area contributed by atoms with E-state index in [4.69, 9.17) is 11.6 Å². The average Bonchev–Trinajstić information content (AvgIpc) is 3.13. The molecule has 28 heavy (non-hydrogen) atoms. The van der Waals surface area contributed by atoms with Gasteiger partial charge < -0.3 is 4.90 Å². The Hall–Kier alpha value is -2.87. The van der Waals surface area contributed by atoms with Gasteiger partial charge in [0.1, 0.15) is 5.69 Å². The molecule has 1 aromatic carbocycles. The number of rotatable bonds is 4. The minimum Gasteiger partial charge on any atom is -0.332 e. The van der Waals surface area contributed by atoms with Crippen LogP contribution in [0, 0.1) is 0 Å². The van der Waals surface area contributed by atoms with E-state index in [1.807, 2.05) is 0 Å². The summed E-state index contributed by atoms with van der Waals surface area (Å²) >= 11 is 6.12. The highest BCUT2D eigenvalue weighted by atomic mass is 35.5. The molecule has 2 heterocycles. The van der Waals surface area contributed by atoms with Crippen LogP contribution < -0.4 is 0 Å². The molecule has 0 bridgehead atoms. The van der Waals surface area contributed by atoms with Crippen molar-refractivity contribution in [1.82, 2.24) is 19.7 Å². The van der Waals surface area contributed by atoms with Gasteiger partial charge in [-0.25, -0.2) is 4.68 Å².